The van der Waals surface area contributed by atoms with Gasteiger partial charge in [0, 0.05) is 12.1 Å². The number of benzene rings is 3. The summed E-state index contributed by atoms with van der Waals surface area (Å²) in [5.74, 6) is 1.29. The highest BCUT2D eigenvalue weighted by Crippen LogP contribution is 2.22. The molecule has 0 fully saturated rings. The van der Waals surface area contributed by atoms with Gasteiger partial charge < -0.3 is 14.3 Å². The SMILES string of the molecule is O=C(O)N(Cc1ccccc1)Cc1nnc(-c2ccc(OCc3ccccc3)cc2)o1. The molecule has 0 aliphatic rings. The van der Waals surface area contributed by atoms with Gasteiger partial charge in [0.1, 0.15) is 18.9 Å². The first-order valence-corrected chi connectivity index (χ1v) is 9.79. The van der Waals surface area contributed by atoms with Crippen LogP contribution in [0, 0.1) is 0 Å². The van der Waals surface area contributed by atoms with Gasteiger partial charge in [0.05, 0.1) is 0 Å². The summed E-state index contributed by atoms with van der Waals surface area (Å²) < 4.78 is 11.5. The van der Waals surface area contributed by atoms with Gasteiger partial charge in [-0.25, -0.2) is 4.79 Å². The Morgan fingerprint density at radius 2 is 1.48 bits per heavy atom. The smallest absolute Gasteiger partial charge is 0.408 e. The number of hydrogen-bond acceptors (Lipinski definition) is 5. The predicted molar refractivity (Wildman–Crippen MR) is 114 cm³/mol. The Kier molecular flexibility index (Phi) is 6.23. The minimum Gasteiger partial charge on any atom is -0.489 e. The normalized spacial score (nSPS) is 10.6. The lowest BCUT2D eigenvalue weighted by molar-refractivity contribution is 0.134. The van der Waals surface area contributed by atoms with Crippen LogP contribution in [0.1, 0.15) is 17.0 Å². The molecule has 0 bridgehead atoms. The van der Waals surface area contributed by atoms with Crippen LogP contribution in [0.4, 0.5) is 4.79 Å². The molecule has 0 saturated carbocycles. The van der Waals surface area contributed by atoms with Gasteiger partial charge in [0.15, 0.2) is 0 Å². The van der Waals surface area contributed by atoms with Crippen LogP contribution in [0.25, 0.3) is 11.5 Å². The van der Waals surface area contributed by atoms with Crippen molar-refractivity contribution in [2.24, 2.45) is 0 Å². The summed E-state index contributed by atoms with van der Waals surface area (Å²) in [5.41, 5.74) is 2.71. The van der Waals surface area contributed by atoms with E-state index in [1.807, 2.05) is 84.9 Å². The molecule has 0 aliphatic heterocycles. The van der Waals surface area contributed by atoms with E-state index in [0.29, 0.717) is 12.5 Å². The lowest BCUT2D eigenvalue weighted by atomic mass is 10.2. The van der Waals surface area contributed by atoms with Crippen LogP contribution in [-0.2, 0) is 19.7 Å². The third-order valence-corrected chi connectivity index (χ3v) is 4.63. The first-order chi connectivity index (χ1) is 15.2. The molecule has 3 aromatic carbocycles. The van der Waals surface area contributed by atoms with Crippen molar-refractivity contribution in [1.29, 1.82) is 0 Å². The summed E-state index contributed by atoms with van der Waals surface area (Å²) >= 11 is 0. The molecule has 1 heterocycles. The predicted octanol–water partition coefficient (Wildman–Crippen LogP) is 5.00. The van der Waals surface area contributed by atoms with Gasteiger partial charge >= 0.3 is 6.09 Å². The molecule has 0 saturated heterocycles. The summed E-state index contributed by atoms with van der Waals surface area (Å²) in [5, 5.41) is 17.6. The zero-order chi connectivity index (χ0) is 21.5. The minimum atomic E-state index is -1.05. The average Bonchev–Trinajstić information content (AvgIpc) is 3.27. The summed E-state index contributed by atoms with van der Waals surface area (Å²) in [6.45, 7) is 0.730. The maximum atomic E-state index is 11.6. The van der Waals surface area contributed by atoms with Crippen LogP contribution in [0.2, 0.25) is 0 Å². The molecule has 0 aliphatic carbocycles. The largest absolute Gasteiger partial charge is 0.489 e. The van der Waals surface area contributed by atoms with Crippen molar-refractivity contribution in [3.8, 4) is 17.2 Å². The van der Waals surface area contributed by atoms with Crippen LogP contribution < -0.4 is 4.74 Å². The number of ether oxygens (including phenoxy) is 1. The van der Waals surface area contributed by atoms with Crippen molar-refractivity contribution in [2.75, 3.05) is 0 Å². The van der Waals surface area contributed by atoms with E-state index in [1.54, 1.807) is 0 Å². The van der Waals surface area contributed by atoms with Crippen molar-refractivity contribution in [1.82, 2.24) is 15.1 Å². The fraction of sp³-hybridized carbons (Fsp3) is 0.125. The molecular formula is C24H21N3O4. The third kappa shape index (κ3) is 5.48. The number of aromatic nitrogens is 2. The maximum absolute atomic E-state index is 11.6. The van der Waals surface area contributed by atoms with Gasteiger partial charge in [-0.2, -0.15) is 0 Å². The summed E-state index contributed by atoms with van der Waals surface area (Å²) in [6, 6.07) is 26.6. The highest BCUT2D eigenvalue weighted by atomic mass is 16.5. The average molecular weight is 415 g/mol. The molecule has 31 heavy (non-hydrogen) atoms. The van der Waals surface area contributed by atoms with Crippen molar-refractivity contribution in [3.05, 3.63) is 102 Å². The molecule has 1 amide bonds. The molecule has 7 nitrogen and oxygen atoms in total. The fourth-order valence-electron chi connectivity index (χ4n) is 3.03. The molecule has 1 N–H and O–H groups in total. The summed E-state index contributed by atoms with van der Waals surface area (Å²) in [4.78, 5) is 12.8. The van der Waals surface area contributed by atoms with Crippen molar-refractivity contribution < 1.29 is 19.1 Å². The monoisotopic (exact) mass is 415 g/mol. The molecule has 0 radical (unpaired) electrons. The molecule has 0 spiro atoms. The van der Waals surface area contributed by atoms with Crippen LogP contribution in [0.5, 0.6) is 5.75 Å². The third-order valence-electron chi connectivity index (χ3n) is 4.63. The topological polar surface area (TPSA) is 88.7 Å². The zero-order valence-corrected chi connectivity index (χ0v) is 16.7. The van der Waals surface area contributed by atoms with Gasteiger partial charge in [0.25, 0.3) is 0 Å². The second-order valence-corrected chi connectivity index (χ2v) is 6.92. The molecule has 0 unspecified atom stereocenters. The molecule has 4 rings (SSSR count). The van der Waals surface area contributed by atoms with E-state index < -0.39 is 6.09 Å². The van der Waals surface area contributed by atoms with Gasteiger partial charge in [-0.05, 0) is 35.4 Å². The van der Waals surface area contributed by atoms with Crippen LogP contribution in [0.15, 0.2) is 89.3 Å². The Bertz CT molecular complexity index is 1110. The van der Waals surface area contributed by atoms with Gasteiger partial charge in [-0.1, -0.05) is 60.7 Å². The van der Waals surface area contributed by atoms with Gasteiger partial charge in [0.2, 0.25) is 11.8 Å². The number of hydrogen-bond donors (Lipinski definition) is 1. The minimum absolute atomic E-state index is 0.00942. The Morgan fingerprint density at radius 3 is 2.13 bits per heavy atom. The molecule has 7 heteroatoms. The van der Waals surface area contributed by atoms with Crippen LogP contribution in [0.3, 0.4) is 0 Å². The lowest BCUT2D eigenvalue weighted by Gasteiger charge is -2.17. The van der Waals surface area contributed by atoms with Crippen molar-refractivity contribution >= 4 is 6.09 Å². The fourth-order valence-corrected chi connectivity index (χ4v) is 3.03. The molecule has 0 atom stereocenters. The quantitative estimate of drug-likeness (QED) is 0.436. The highest BCUT2D eigenvalue weighted by molar-refractivity contribution is 5.65. The summed E-state index contributed by atoms with van der Waals surface area (Å²) in [7, 11) is 0. The number of rotatable bonds is 8. The Labute approximate surface area is 179 Å². The zero-order valence-electron chi connectivity index (χ0n) is 16.7. The van der Waals surface area contributed by atoms with Gasteiger partial charge in [-0.15, -0.1) is 10.2 Å². The molecular weight excluding hydrogens is 394 g/mol. The maximum Gasteiger partial charge on any atom is 0.408 e. The second-order valence-electron chi connectivity index (χ2n) is 6.92. The van der Waals surface area contributed by atoms with E-state index in [0.717, 1.165) is 22.4 Å². The van der Waals surface area contributed by atoms with E-state index in [9.17, 15) is 9.90 Å². The van der Waals surface area contributed by atoms with E-state index >= 15 is 0 Å². The van der Waals surface area contributed by atoms with E-state index in [1.165, 1.54) is 4.90 Å². The number of carboxylic acid groups (broad SMARTS) is 1. The molecule has 4 aromatic rings. The van der Waals surface area contributed by atoms with E-state index in [2.05, 4.69) is 10.2 Å². The van der Waals surface area contributed by atoms with E-state index in [4.69, 9.17) is 9.15 Å². The van der Waals surface area contributed by atoms with Crippen LogP contribution >= 0.6 is 0 Å². The van der Waals surface area contributed by atoms with Crippen LogP contribution in [-0.4, -0.2) is 26.3 Å². The molecule has 156 valence electrons. The standard InChI is InChI=1S/C24H21N3O4/c28-24(29)27(15-18-7-3-1-4-8-18)16-22-25-26-23(31-22)20-11-13-21(14-12-20)30-17-19-9-5-2-6-10-19/h1-14H,15-17H2,(H,28,29). The first kappa shape index (κ1) is 20.2. The first-order valence-electron chi connectivity index (χ1n) is 9.79. The second kappa shape index (κ2) is 9.58. The number of nitrogens with zero attached hydrogens (tertiary/aromatic N) is 3. The Balaban J connectivity index is 1.39. The number of amides is 1. The Morgan fingerprint density at radius 1 is 0.839 bits per heavy atom. The lowest BCUT2D eigenvalue weighted by Crippen LogP contribution is -2.28. The molecule has 1 aromatic heterocycles. The highest BCUT2D eigenvalue weighted by Gasteiger charge is 2.17. The van der Waals surface area contributed by atoms with E-state index in [-0.39, 0.29) is 19.0 Å². The van der Waals surface area contributed by atoms with Crippen molar-refractivity contribution in [2.45, 2.75) is 19.7 Å². The summed E-state index contributed by atoms with van der Waals surface area (Å²) in [6.07, 6.45) is -1.05. The Hall–Kier alpha value is -4.13. The van der Waals surface area contributed by atoms with Gasteiger partial charge in [-0.3, -0.25) is 4.90 Å². The number of carbonyl (C=O) groups is 1. The van der Waals surface area contributed by atoms with Crippen molar-refractivity contribution in [3.63, 3.8) is 0 Å².